The van der Waals surface area contributed by atoms with Crippen LogP contribution in [0.5, 0.6) is 0 Å². The Morgan fingerprint density at radius 2 is 2.17 bits per heavy atom. The van der Waals surface area contributed by atoms with Crippen LogP contribution in [0.1, 0.15) is 57.6 Å². The Kier molecular flexibility index (Phi) is 5.49. The second-order valence-electron chi connectivity index (χ2n) is 7.34. The maximum atomic E-state index is 12.5. The van der Waals surface area contributed by atoms with Crippen LogP contribution in [-0.4, -0.2) is 26.9 Å². The molecule has 0 spiro atoms. The summed E-state index contributed by atoms with van der Waals surface area (Å²) in [5.41, 5.74) is 0.910. The molecule has 2 aliphatic carbocycles. The summed E-state index contributed by atoms with van der Waals surface area (Å²) in [4.78, 5) is 12.5. The van der Waals surface area contributed by atoms with Crippen molar-refractivity contribution in [1.29, 1.82) is 5.26 Å². The average molecular weight is 329 g/mol. The number of nitriles is 1. The van der Waals surface area contributed by atoms with Gasteiger partial charge < -0.3 is 5.32 Å². The highest BCUT2D eigenvalue weighted by molar-refractivity contribution is 5.82. The fourth-order valence-corrected chi connectivity index (χ4v) is 4.11. The molecule has 1 heterocycles. The van der Waals surface area contributed by atoms with E-state index in [9.17, 15) is 4.79 Å². The zero-order chi connectivity index (χ0) is 16.9. The van der Waals surface area contributed by atoms with Gasteiger partial charge in [-0.25, -0.2) is 0 Å². The molecule has 1 amide bonds. The fourth-order valence-electron chi connectivity index (χ4n) is 4.11. The molecule has 2 aliphatic rings. The van der Waals surface area contributed by atoms with E-state index in [1.807, 2.05) is 13.1 Å². The van der Waals surface area contributed by atoms with Gasteiger partial charge in [-0.3, -0.25) is 9.48 Å². The molecular weight excluding hydrogens is 302 g/mol. The quantitative estimate of drug-likeness (QED) is 0.779. The normalized spacial score (nSPS) is 26.8. The van der Waals surface area contributed by atoms with Gasteiger partial charge in [0.05, 0.1) is 18.3 Å². The molecule has 6 nitrogen and oxygen atoms in total. The first-order chi connectivity index (χ1) is 11.7. The minimum atomic E-state index is 0.0519. The Bertz CT molecular complexity index is 593. The predicted molar refractivity (Wildman–Crippen MR) is 89.7 cm³/mol. The van der Waals surface area contributed by atoms with Crippen LogP contribution < -0.4 is 5.32 Å². The van der Waals surface area contributed by atoms with Crippen molar-refractivity contribution in [3.8, 4) is 6.07 Å². The number of aryl methyl sites for hydroxylation is 1. The molecule has 0 aliphatic heterocycles. The molecule has 2 saturated carbocycles. The molecule has 1 N–H and O–H groups in total. The van der Waals surface area contributed by atoms with Crippen molar-refractivity contribution in [3.05, 3.63) is 11.9 Å². The molecule has 1 aromatic rings. The monoisotopic (exact) mass is 329 g/mol. The van der Waals surface area contributed by atoms with E-state index in [1.165, 1.54) is 32.1 Å². The van der Waals surface area contributed by atoms with Crippen LogP contribution in [0.15, 0.2) is 6.20 Å². The molecule has 0 bridgehead atoms. The Morgan fingerprint density at radius 1 is 1.42 bits per heavy atom. The second-order valence-corrected chi connectivity index (χ2v) is 7.34. The van der Waals surface area contributed by atoms with Crippen molar-refractivity contribution in [2.75, 3.05) is 0 Å². The third-order valence-corrected chi connectivity index (χ3v) is 5.37. The second kappa shape index (κ2) is 7.78. The van der Waals surface area contributed by atoms with E-state index in [1.54, 1.807) is 4.68 Å². The van der Waals surface area contributed by atoms with Crippen molar-refractivity contribution in [2.24, 2.45) is 17.8 Å². The van der Waals surface area contributed by atoms with Gasteiger partial charge in [0.25, 0.3) is 0 Å². The van der Waals surface area contributed by atoms with Crippen molar-refractivity contribution >= 4 is 5.91 Å². The van der Waals surface area contributed by atoms with Gasteiger partial charge in [-0.1, -0.05) is 24.5 Å². The Morgan fingerprint density at radius 3 is 2.88 bits per heavy atom. The zero-order valence-corrected chi connectivity index (χ0v) is 14.4. The first-order valence-corrected chi connectivity index (χ1v) is 9.25. The molecule has 0 saturated heterocycles. The zero-order valence-electron chi connectivity index (χ0n) is 14.4. The Balaban J connectivity index is 1.43. The van der Waals surface area contributed by atoms with Gasteiger partial charge in [0.2, 0.25) is 5.91 Å². The van der Waals surface area contributed by atoms with Crippen molar-refractivity contribution < 1.29 is 4.79 Å². The van der Waals surface area contributed by atoms with Gasteiger partial charge in [0.15, 0.2) is 0 Å². The van der Waals surface area contributed by atoms with Crippen LogP contribution >= 0.6 is 0 Å². The summed E-state index contributed by atoms with van der Waals surface area (Å²) < 4.78 is 1.79. The minimum absolute atomic E-state index is 0.0519. The molecule has 6 heteroatoms. The summed E-state index contributed by atoms with van der Waals surface area (Å²) in [5.74, 6) is 1.76. The van der Waals surface area contributed by atoms with Gasteiger partial charge >= 0.3 is 0 Å². The van der Waals surface area contributed by atoms with E-state index in [4.69, 9.17) is 5.26 Å². The van der Waals surface area contributed by atoms with E-state index in [0.717, 1.165) is 18.5 Å². The predicted octanol–water partition coefficient (Wildman–Crippen LogP) is 2.46. The van der Waals surface area contributed by atoms with Crippen molar-refractivity contribution in [1.82, 2.24) is 20.3 Å². The lowest BCUT2D eigenvalue weighted by Gasteiger charge is -2.14. The Labute approximate surface area is 143 Å². The summed E-state index contributed by atoms with van der Waals surface area (Å²) in [6.45, 7) is 2.66. The highest BCUT2D eigenvalue weighted by atomic mass is 16.2. The molecular formula is C18H27N5O. The number of rotatable bonds is 7. The highest BCUT2D eigenvalue weighted by Crippen LogP contribution is 2.54. The number of carbonyl (C=O) groups excluding carboxylic acids is 1. The first-order valence-electron chi connectivity index (χ1n) is 9.25. The summed E-state index contributed by atoms with van der Waals surface area (Å²) in [7, 11) is 0. The molecule has 1 unspecified atom stereocenters. The topological polar surface area (TPSA) is 83.6 Å². The van der Waals surface area contributed by atoms with Crippen LogP contribution in [0, 0.1) is 29.1 Å². The van der Waals surface area contributed by atoms with E-state index >= 15 is 0 Å². The maximum absolute atomic E-state index is 12.5. The van der Waals surface area contributed by atoms with Crippen molar-refractivity contribution in [2.45, 2.75) is 70.9 Å². The molecule has 4 atom stereocenters. The number of unbranched alkanes of at least 4 members (excludes halogenated alkanes) is 1. The number of nitrogens with one attached hydrogen (secondary N) is 1. The van der Waals surface area contributed by atoms with Crippen LogP contribution in [-0.2, 0) is 17.8 Å². The molecule has 0 aromatic carbocycles. The minimum Gasteiger partial charge on any atom is -0.352 e. The van der Waals surface area contributed by atoms with Gasteiger partial charge in [0, 0.05) is 24.6 Å². The maximum Gasteiger partial charge on any atom is 0.223 e. The molecule has 24 heavy (non-hydrogen) atoms. The Hall–Kier alpha value is -1.90. The van der Waals surface area contributed by atoms with E-state index in [2.05, 4.69) is 21.7 Å². The molecule has 2 fully saturated rings. The van der Waals surface area contributed by atoms with E-state index < -0.39 is 0 Å². The fraction of sp³-hybridized carbons (Fsp3) is 0.778. The third kappa shape index (κ3) is 4.14. The number of carbonyl (C=O) groups is 1. The van der Waals surface area contributed by atoms with Crippen LogP contribution in [0.3, 0.4) is 0 Å². The summed E-state index contributed by atoms with van der Waals surface area (Å²) >= 11 is 0. The average Bonchev–Trinajstić information content (AvgIpc) is 3.14. The lowest BCUT2D eigenvalue weighted by molar-refractivity contribution is -0.123. The number of fused-ring (bicyclic) bond motifs is 1. The summed E-state index contributed by atoms with van der Waals surface area (Å²) in [6.07, 6.45) is 10.4. The van der Waals surface area contributed by atoms with Crippen LogP contribution in [0.4, 0.5) is 0 Å². The van der Waals surface area contributed by atoms with Crippen molar-refractivity contribution in [3.63, 3.8) is 0 Å². The highest BCUT2D eigenvalue weighted by Gasteiger charge is 2.53. The smallest absolute Gasteiger partial charge is 0.223 e. The largest absolute Gasteiger partial charge is 0.352 e. The third-order valence-electron chi connectivity index (χ3n) is 5.37. The lowest BCUT2D eigenvalue weighted by Crippen LogP contribution is -2.37. The van der Waals surface area contributed by atoms with Gasteiger partial charge in [0.1, 0.15) is 0 Å². The van der Waals surface area contributed by atoms with Crippen LogP contribution in [0.25, 0.3) is 0 Å². The van der Waals surface area contributed by atoms with Gasteiger partial charge in [-0.2, -0.15) is 5.26 Å². The number of nitrogens with zero attached hydrogens (tertiary/aromatic N) is 4. The molecule has 3 rings (SSSR count). The molecule has 130 valence electrons. The van der Waals surface area contributed by atoms with Gasteiger partial charge in [-0.15, -0.1) is 5.10 Å². The SMILES string of the molecule is C[C@H](Cn1cc(CCCC#N)nn1)NC(=O)C1[C@H]2CCCCC[C@@H]12. The number of hydrogen-bond acceptors (Lipinski definition) is 4. The number of hydrogen-bond donors (Lipinski definition) is 1. The number of amides is 1. The standard InChI is InChI=1S/C18H27N5O/c1-13(11-23-12-14(21-22-23)7-5-6-10-19)20-18(24)17-15-8-3-2-4-9-16(15)17/h12-13,15-17H,2-9,11H2,1H3,(H,20,24)/t13-,15-,16+,17?/m1/s1. The lowest BCUT2D eigenvalue weighted by atomic mass is 10.1. The van der Waals surface area contributed by atoms with E-state index in [0.29, 0.717) is 24.8 Å². The first kappa shape index (κ1) is 16.9. The van der Waals surface area contributed by atoms with E-state index in [-0.39, 0.29) is 17.9 Å². The molecule has 0 radical (unpaired) electrons. The number of aromatic nitrogens is 3. The van der Waals surface area contributed by atoms with Gasteiger partial charge in [-0.05, 0) is 44.4 Å². The summed E-state index contributed by atoms with van der Waals surface area (Å²) in [6, 6.07) is 2.19. The van der Waals surface area contributed by atoms with Crippen LogP contribution in [0.2, 0.25) is 0 Å². The molecule has 1 aromatic heterocycles. The summed E-state index contributed by atoms with van der Waals surface area (Å²) in [5, 5.41) is 20.0.